The zero-order valence-corrected chi connectivity index (χ0v) is 14.9. The number of aromatic nitrogens is 2. The van der Waals surface area contributed by atoms with Gasteiger partial charge in [-0.3, -0.25) is 0 Å². The Morgan fingerprint density at radius 3 is 2.56 bits per heavy atom. The molecule has 0 saturated carbocycles. The topological polar surface area (TPSA) is 69.6 Å². The monoisotopic (exact) mass is 340 g/mol. The fraction of sp³-hybridized carbons (Fsp3) is 0.421. The lowest BCUT2D eigenvalue weighted by atomic mass is 9.84. The highest BCUT2D eigenvalue weighted by Gasteiger charge is 2.38. The molecular formula is C19H24N4O2. The van der Waals surface area contributed by atoms with Crippen molar-refractivity contribution in [3.8, 4) is 11.3 Å². The molecule has 1 aromatic heterocycles. The molecular weight excluding hydrogens is 316 g/mol. The minimum absolute atomic E-state index is 0.0948. The van der Waals surface area contributed by atoms with Crippen LogP contribution in [0.2, 0.25) is 0 Å². The van der Waals surface area contributed by atoms with E-state index in [2.05, 4.69) is 35.6 Å². The highest BCUT2D eigenvalue weighted by Crippen LogP contribution is 2.33. The number of amides is 1. The Labute approximate surface area is 148 Å². The van der Waals surface area contributed by atoms with Crippen LogP contribution < -0.4 is 4.90 Å². The predicted octanol–water partition coefficient (Wildman–Crippen LogP) is 3.36. The van der Waals surface area contributed by atoms with Crippen LogP contribution in [0.15, 0.2) is 42.9 Å². The van der Waals surface area contributed by atoms with Gasteiger partial charge < -0.3 is 14.9 Å². The third-order valence-corrected chi connectivity index (χ3v) is 4.71. The fourth-order valence-electron chi connectivity index (χ4n) is 3.34. The summed E-state index contributed by atoms with van der Waals surface area (Å²) in [5, 5.41) is 9.54. The van der Waals surface area contributed by atoms with Crippen LogP contribution in [0.4, 0.5) is 10.5 Å². The second kappa shape index (κ2) is 6.70. The summed E-state index contributed by atoms with van der Waals surface area (Å²) in [6.45, 7) is 7.97. The largest absolute Gasteiger partial charge is 0.465 e. The van der Waals surface area contributed by atoms with Crippen molar-refractivity contribution >= 4 is 11.8 Å². The molecule has 1 fully saturated rings. The van der Waals surface area contributed by atoms with E-state index in [1.54, 1.807) is 11.2 Å². The Morgan fingerprint density at radius 1 is 1.20 bits per heavy atom. The molecule has 6 heteroatoms. The molecule has 132 valence electrons. The van der Waals surface area contributed by atoms with E-state index in [9.17, 15) is 9.90 Å². The van der Waals surface area contributed by atoms with Crippen LogP contribution >= 0.6 is 0 Å². The average Bonchev–Trinajstić information content (AvgIpc) is 2.61. The SMILES string of the molecule is CC(C)(C)C1CN(c2cncnc2-c2ccccc2)CCN1C(=O)O. The molecule has 1 amide bonds. The Balaban J connectivity index is 1.95. The smallest absolute Gasteiger partial charge is 0.407 e. The standard InChI is InChI=1S/C19H24N4O2/c1-19(2,3)16-12-22(9-10-23(16)18(24)25)15-11-20-13-21-17(15)14-7-5-4-6-8-14/h4-8,11,13,16H,9-10,12H2,1-3H3,(H,24,25). The van der Waals surface area contributed by atoms with Crippen molar-refractivity contribution in [1.29, 1.82) is 0 Å². The zero-order chi connectivity index (χ0) is 18.0. The van der Waals surface area contributed by atoms with Crippen molar-refractivity contribution in [3.63, 3.8) is 0 Å². The number of rotatable bonds is 2. The normalized spacial score (nSPS) is 18.3. The molecule has 1 aliphatic heterocycles. The number of carbonyl (C=O) groups is 1. The molecule has 1 aromatic carbocycles. The van der Waals surface area contributed by atoms with Gasteiger partial charge in [-0.25, -0.2) is 14.8 Å². The maximum absolute atomic E-state index is 11.6. The van der Waals surface area contributed by atoms with Crippen LogP contribution in [0.5, 0.6) is 0 Å². The third kappa shape index (κ3) is 3.57. The van der Waals surface area contributed by atoms with E-state index < -0.39 is 6.09 Å². The Kier molecular flexibility index (Phi) is 4.61. The van der Waals surface area contributed by atoms with Crippen molar-refractivity contribution in [2.45, 2.75) is 26.8 Å². The molecule has 6 nitrogen and oxygen atoms in total. The average molecular weight is 340 g/mol. The van der Waals surface area contributed by atoms with Gasteiger partial charge in [-0.1, -0.05) is 51.1 Å². The maximum Gasteiger partial charge on any atom is 0.407 e. The van der Waals surface area contributed by atoms with Crippen molar-refractivity contribution in [3.05, 3.63) is 42.9 Å². The minimum Gasteiger partial charge on any atom is -0.465 e. The van der Waals surface area contributed by atoms with E-state index in [1.807, 2.05) is 36.5 Å². The maximum atomic E-state index is 11.6. The summed E-state index contributed by atoms with van der Waals surface area (Å²) < 4.78 is 0. The zero-order valence-electron chi connectivity index (χ0n) is 14.9. The first kappa shape index (κ1) is 17.2. The van der Waals surface area contributed by atoms with Gasteiger partial charge in [0.2, 0.25) is 0 Å². The van der Waals surface area contributed by atoms with E-state index in [0.29, 0.717) is 19.6 Å². The second-order valence-electron chi connectivity index (χ2n) is 7.43. The van der Waals surface area contributed by atoms with E-state index in [0.717, 1.165) is 16.9 Å². The van der Waals surface area contributed by atoms with E-state index in [4.69, 9.17) is 0 Å². The van der Waals surface area contributed by atoms with Gasteiger partial charge in [0.15, 0.2) is 0 Å². The summed E-state index contributed by atoms with van der Waals surface area (Å²) in [6.07, 6.45) is 2.53. The van der Waals surface area contributed by atoms with Gasteiger partial charge >= 0.3 is 6.09 Å². The molecule has 1 atom stereocenters. The molecule has 0 aliphatic carbocycles. The molecule has 1 saturated heterocycles. The first-order chi connectivity index (χ1) is 11.9. The molecule has 0 bridgehead atoms. The van der Waals surface area contributed by atoms with Crippen LogP contribution in [0.3, 0.4) is 0 Å². The quantitative estimate of drug-likeness (QED) is 0.908. The number of piperazine rings is 1. The Hall–Kier alpha value is -2.63. The minimum atomic E-state index is -0.854. The van der Waals surface area contributed by atoms with Crippen molar-refractivity contribution in [2.24, 2.45) is 5.41 Å². The highest BCUT2D eigenvalue weighted by molar-refractivity contribution is 5.75. The number of carboxylic acid groups (broad SMARTS) is 1. The molecule has 1 aliphatic rings. The van der Waals surface area contributed by atoms with Crippen LogP contribution in [0.25, 0.3) is 11.3 Å². The molecule has 2 aromatic rings. The van der Waals surface area contributed by atoms with Gasteiger partial charge in [0, 0.05) is 25.2 Å². The van der Waals surface area contributed by atoms with Gasteiger partial charge in [0.25, 0.3) is 0 Å². The lowest BCUT2D eigenvalue weighted by molar-refractivity contribution is 0.0748. The second-order valence-corrected chi connectivity index (χ2v) is 7.43. The number of nitrogens with zero attached hydrogens (tertiary/aromatic N) is 4. The first-order valence-electron chi connectivity index (χ1n) is 8.48. The molecule has 3 rings (SSSR count). The van der Waals surface area contributed by atoms with E-state index >= 15 is 0 Å². The summed E-state index contributed by atoms with van der Waals surface area (Å²) in [5.74, 6) is 0. The van der Waals surface area contributed by atoms with Gasteiger partial charge in [-0.15, -0.1) is 0 Å². The fourth-order valence-corrected chi connectivity index (χ4v) is 3.34. The van der Waals surface area contributed by atoms with Crippen LogP contribution in [-0.4, -0.2) is 51.7 Å². The van der Waals surface area contributed by atoms with Crippen LogP contribution in [-0.2, 0) is 0 Å². The summed E-state index contributed by atoms with van der Waals surface area (Å²) in [6, 6.07) is 9.91. The van der Waals surface area contributed by atoms with Crippen LogP contribution in [0, 0.1) is 5.41 Å². The molecule has 1 N–H and O–H groups in total. The van der Waals surface area contributed by atoms with Gasteiger partial charge in [-0.05, 0) is 5.41 Å². The molecule has 0 radical (unpaired) electrons. The number of anilines is 1. The van der Waals surface area contributed by atoms with Crippen molar-refractivity contribution in [2.75, 3.05) is 24.5 Å². The van der Waals surface area contributed by atoms with Gasteiger partial charge in [0.05, 0.1) is 23.6 Å². The highest BCUT2D eigenvalue weighted by atomic mass is 16.4. The van der Waals surface area contributed by atoms with E-state index in [1.165, 1.54) is 0 Å². The number of benzene rings is 1. The van der Waals surface area contributed by atoms with Gasteiger partial charge in [-0.2, -0.15) is 0 Å². The third-order valence-electron chi connectivity index (χ3n) is 4.71. The van der Waals surface area contributed by atoms with Crippen molar-refractivity contribution < 1.29 is 9.90 Å². The van der Waals surface area contributed by atoms with Gasteiger partial charge in [0.1, 0.15) is 6.33 Å². The van der Waals surface area contributed by atoms with Crippen LogP contribution in [0.1, 0.15) is 20.8 Å². The Morgan fingerprint density at radius 2 is 1.92 bits per heavy atom. The van der Waals surface area contributed by atoms with Crippen molar-refractivity contribution in [1.82, 2.24) is 14.9 Å². The summed E-state index contributed by atoms with van der Waals surface area (Å²) in [7, 11) is 0. The Bertz CT molecular complexity index is 743. The summed E-state index contributed by atoms with van der Waals surface area (Å²) >= 11 is 0. The number of hydrogen-bond acceptors (Lipinski definition) is 4. The lowest BCUT2D eigenvalue weighted by Crippen LogP contribution is -2.59. The summed E-state index contributed by atoms with van der Waals surface area (Å²) in [5.41, 5.74) is 2.72. The number of hydrogen-bond donors (Lipinski definition) is 1. The summed E-state index contributed by atoms with van der Waals surface area (Å²) in [4.78, 5) is 24.1. The molecule has 2 heterocycles. The molecule has 25 heavy (non-hydrogen) atoms. The molecule has 1 unspecified atom stereocenters. The molecule has 0 spiro atoms. The van der Waals surface area contributed by atoms with E-state index in [-0.39, 0.29) is 11.5 Å². The lowest BCUT2D eigenvalue weighted by Gasteiger charge is -2.46. The first-order valence-corrected chi connectivity index (χ1v) is 8.48. The predicted molar refractivity (Wildman–Crippen MR) is 97.7 cm³/mol.